The summed E-state index contributed by atoms with van der Waals surface area (Å²) in [4.78, 5) is 137. The number of amides is 8. The van der Waals surface area contributed by atoms with Gasteiger partial charge in [-0.3, -0.25) is 43.3 Å². The Kier molecular flexibility index (Phi) is 30.0. The number of methoxy groups -OCH3 is 2. The van der Waals surface area contributed by atoms with Crippen LogP contribution in [0.25, 0.3) is 0 Å². The summed E-state index contributed by atoms with van der Waals surface area (Å²) in [6.07, 6.45) is -0.304. The highest BCUT2D eigenvalue weighted by Gasteiger charge is 2.44. The average molecular weight is 1140 g/mol. The molecule has 11 atom stereocenters. The summed E-state index contributed by atoms with van der Waals surface area (Å²) in [5.41, 5.74) is 0.0888. The summed E-state index contributed by atoms with van der Waals surface area (Å²) in [5.74, 6) is -7.07. The molecule has 1 aromatic rings. The molecule has 2 rings (SSSR count). The van der Waals surface area contributed by atoms with Gasteiger partial charge in [-0.1, -0.05) is 106 Å². The van der Waals surface area contributed by atoms with E-state index in [-0.39, 0.29) is 86.8 Å². The van der Waals surface area contributed by atoms with Crippen LogP contribution >= 0.6 is 0 Å². The third-order valence-corrected chi connectivity index (χ3v) is 14.8. The monoisotopic (exact) mass is 1140 g/mol. The SMILES string of the molecule is CC[C@H](C)[C@@H]([C@@H](CC(=O)N1CCC[C@H]1[C@H](OC)[C@@H](C)C(=O)N[C@@H](Cc1ccccc1)C(=O)NCCCOC(=O)C(C)NC(=O)CC(NC(=O)CCNC(=O)C(C)(C)C)C(=O)O)OC)N(C)C(=O)C(NC(=O)[C@H](C(C)C)N(C)C)C(C)C. The van der Waals surface area contributed by atoms with Crippen LogP contribution in [0.1, 0.15) is 127 Å². The quantitative estimate of drug-likeness (QED) is 0.0385. The number of likely N-dealkylation sites (tertiary alicyclic amines) is 1. The van der Waals surface area contributed by atoms with E-state index in [4.69, 9.17) is 14.2 Å². The molecule has 1 aliphatic heterocycles. The van der Waals surface area contributed by atoms with Gasteiger partial charge in [0, 0.05) is 59.2 Å². The van der Waals surface area contributed by atoms with Crippen LogP contribution in [0.15, 0.2) is 30.3 Å². The minimum absolute atomic E-state index is 0.00364. The van der Waals surface area contributed by atoms with Crippen molar-refractivity contribution in [3.8, 4) is 0 Å². The van der Waals surface area contributed by atoms with Crippen LogP contribution in [-0.4, -0.2) is 195 Å². The van der Waals surface area contributed by atoms with Crippen molar-refractivity contribution >= 4 is 59.2 Å². The fourth-order valence-electron chi connectivity index (χ4n) is 10.0. The van der Waals surface area contributed by atoms with Crippen LogP contribution in [0.3, 0.4) is 0 Å². The number of hydrogen-bond acceptors (Lipinski definition) is 14. The molecule has 7 N–H and O–H groups in total. The molecule has 0 aliphatic carbocycles. The van der Waals surface area contributed by atoms with Crippen LogP contribution < -0.4 is 31.9 Å². The summed E-state index contributed by atoms with van der Waals surface area (Å²) in [6, 6.07) is 2.96. The third-order valence-electron chi connectivity index (χ3n) is 14.8. The maximum Gasteiger partial charge on any atom is 0.328 e. The topological polar surface area (TPSA) is 301 Å². The molecule has 1 aliphatic rings. The van der Waals surface area contributed by atoms with Crippen molar-refractivity contribution in [2.75, 3.05) is 61.6 Å². The summed E-state index contributed by atoms with van der Waals surface area (Å²) >= 11 is 0. The fourth-order valence-corrected chi connectivity index (χ4v) is 10.0. The number of ether oxygens (including phenoxy) is 3. The zero-order chi connectivity index (χ0) is 61.5. The zero-order valence-electron chi connectivity index (χ0n) is 51.0. The Labute approximate surface area is 480 Å². The van der Waals surface area contributed by atoms with Gasteiger partial charge in [-0.25, -0.2) is 9.59 Å². The van der Waals surface area contributed by atoms with Gasteiger partial charge in [0.15, 0.2) is 0 Å². The van der Waals surface area contributed by atoms with Crippen LogP contribution in [0.2, 0.25) is 0 Å². The summed E-state index contributed by atoms with van der Waals surface area (Å²) in [7, 11) is 8.35. The van der Waals surface area contributed by atoms with E-state index in [1.54, 1.807) is 44.5 Å². The number of carboxylic acids is 1. The number of nitrogens with one attached hydrogen (secondary N) is 6. The second kappa shape index (κ2) is 34.3. The first-order chi connectivity index (χ1) is 37.9. The smallest absolute Gasteiger partial charge is 0.328 e. The van der Waals surface area contributed by atoms with Gasteiger partial charge in [0.05, 0.1) is 55.7 Å². The number of likely N-dealkylation sites (N-methyl/N-ethyl adjacent to an activating group) is 2. The second-order valence-electron chi connectivity index (χ2n) is 23.2. The Morgan fingerprint density at radius 3 is 1.94 bits per heavy atom. The van der Waals surface area contributed by atoms with E-state index in [0.29, 0.717) is 25.8 Å². The molecule has 1 aromatic carbocycles. The Morgan fingerprint density at radius 1 is 0.753 bits per heavy atom. The van der Waals surface area contributed by atoms with Crippen LogP contribution in [0.5, 0.6) is 0 Å². The van der Waals surface area contributed by atoms with Crippen molar-refractivity contribution in [2.45, 2.75) is 182 Å². The highest BCUT2D eigenvalue weighted by molar-refractivity contribution is 5.92. The first-order valence-corrected chi connectivity index (χ1v) is 28.4. The Balaban J connectivity index is 2.12. The number of aliphatic carboxylic acids is 1. The minimum atomic E-state index is -1.60. The molecule has 458 valence electrons. The zero-order valence-corrected chi connectivity index (χ0v) is 51.0. The van der Waals surface area contributed by atoms with Crippen molar-refractivity contribution in [1.82, 2.24) is 46.6 Å². The standard InChI is InChI=1S/C58H97N9O14/c1-17-36(6)49(66(14)54(74)47(34(2)3)64-53(73)48(35(4)5)65(12)13)43(79-15)33-46(70)67-29-21-25-42(67)50(80-16)37(7)51(71)63-40(31-39-23-19-18-20-24-39)52(72)59-27-22-30-81-56(77)38(8)61-45(69)32-41(55(75)76)62-44(68)26-28-60-57(78)58(9,10)11/h18-20,23-24,34-38,40-43,47-50H,17,21-22,25-33H2,1-16H3,(H,59,72)(H,60,78)(H,61,69)(H,62,68)(H,63,71)(H,64,73)(H,75,76)/t36-,37+,38?,40-,41?,42-,43+,47?,48-,49-,50+/m0/s1. The van der Waals surface area contributed by atoms with E-state index in [1.165, 1.54) is 21.1 Å². The van der Waals surface area contributed by atoms with Crippen molar-refractivity contribution in [2.24, 2.45) is 29.1 Å². The van der Waals surface area contributed by atoms with Crippen LogP contribution in [0, 0.1) is 29.1 Å². The van der Waals surface area contributed by atoms with Gasteiger partial charge < -0.3 is 61.0 Å². The molecule has 0 aromatic heterocycles. The predicted molar refractivity (Wildman–Crippen MR) is 305 cm³/mol. The van der Waals surface area contributed by atoms with Crippen LogP contribution in [0.4, 0.5) is 0 Å². The molecule has 23 heteroatoms. The van der Waals surface area contributed by atoms with E-state index in [2.05, 4.69) is 31.9 Å². The fraction of sp³-hybridized carbons (Fsp3) is 0.724. The van der Waals surface area contributed by atoms with Gasteiger partial charge >= 0.3 is 11.9 Å². The third kappa shape index (κ3) is 22.6. The number of carbonyl (C=O) groups excluding carboxylic acids is 9. The lowest BCUT2D eigenvalue weighted by molar-refractivity contribution is -0.148. The van der Waals surface area contributed by atoms with Crippen LogP contribution in [-0.2, 0) is 68.6 Å². The number of benzene rings is 1. The number of esters is 1. The first-order valence-electron chi connectivity index (χ1n) is 28.4. The van der Waals surface area contributed by atoms with Crippen molar-refractivity contribution in [3.63, 3.8) is 0 Å². The normalized spacial score (nSPS) is 17.3. The van der Waals surface area contributed by atoms with Crippen molar-refractivity contribution < 1.29 is 67.3 Å². The molecule has 81 heavy (non-hydrogen) atoms. The highest BCUT2D eigenvalue weighted by Crippen LogP contribution is 2.30. The lowest BCUT2D eigenvalue weighted by atomic mass is 9.89. The molecule has 1 heterocycles. The average Bonchev–Trinajstić information content (AvgIpc) is 3.91. The van der Waals surface area contributed by atoms with Crippen molar-refractivity contribution in [1.29, 1.82) is 0 Å². The maximum atomic E-state index is 14.5. The van der Waals surface area contributed by atoms with E-state index in [1.807, 2.05) is 90.9 Å². The molecular weight excluding hydrogens is 1050 g/mol. The Hall–Kier alpha value is -6.20. The van der Waals surface area contributed by atoms with Gasteiger partial charge in [0.25, 0.3) is 0 Å². The van der Waals surface area contributed by atoms with Gasteiger partial charge in [-0.2, -0.15) is 0 Å². The van der Waals surface area contributed by atoms with Crippen molar-refractivity contribution in [3.05, 3.63) is 35.9 Å². The molecule has 8 amide bonds. The Bertz CT molecular complexity index is 2230. The number of carboxylic acid groups (broad SMARTS) is 1. The predicted octanol–water partition coefficient (Wildman–Crippen LogP) is 2.43. The van der Waals surface area contributed by atoms with E-state index in [0.717, 1.165) is 5.56 Å². The molecule has 1 saturated heterocycles. The molecule has 0 saturated carbocycles. The van der Waals surface area contributed by atoms with E-state index >= 15 is 0 Å². The summed E-state index contributed by atoms with van der Waals surface area (Å²) < 4.78 is 17.4. The molecule has 3 unspecified atom stereocenters. The van der Waals surface area contributed by atoms with Gasteiger partial charge in [-0.15, -0.1) is 0 Å². The highest BCUT2D eigenvalue weighted by atomic mass is 16.5. The molecule has 0 radical (unpaired) electrons. The minimum Gasteiger partial charge on any atom is -0.480 e. The molecule has 1 fully saturated rings. The molecule has 23 nitrogen and oxygen atoms in total. The Morgan fingerprint density at radius 2 is 1.40 bits per heavy atom. The number of carbonyl (C=O) groups is 10. The van der Waals surface area contributed by atoms with Gasteiger partial charge in [0.1, 0.15) is 24.2 Å². The molecule has 0 spiro atoms. The van der Waals surface area contributed by atoms with Gasteiger partial charge in [0.2, 0.25) is 47.3 Å². The number of rotatable bonds is 34. The van der Waals surface area contributed by atoms with Gasteiger partial charge in [-0.05, 0) is 63.6 Å². The maximum absolute atomic E-state index is 14.5. The number of nitrogens with zero attached hydrogens (tertiary/aromatic N) is 3. The largest absolute Gasteiger partial charge is 0.480 e. The lowest BCUT2D eigenvalue weighted by Crippen LogP contribution is -2.59. The lowest BCUT2D eigenvalue weighted by Gasteiger charge is -2.41. The van der Waals surface area contributed by atoms with E-state index in [9.17, 15) is 53.1 Å². The summed E-state index contributed by atoms with van der Waals surface area (Å²) in [5, 5.41) is 25.6. The van der Waals surface area contributed by atoms with E-state index < -0.39 is 108 Å². The number of hydrogen-bond donors (Lipinski definition) is 7. The second-order valence-corrected chi connectivity index (χ2v) is 23.2. The molecular formula is C58H97N9O14. The first kappa shape index (κ1) is 70.9. The molecule has 0 bridgehead atoms. The summed E-state index contributed by atoms with van der Waals surface area (Å²) in [6.45, 7) is 20.1.